The monoisotopic (exact) mass is 255 g/mol. The van der Waals surface area contributed by atoms with Crippen molar-refractivity contribution < 1.29 is 19.1 Å². The van der Waals surface area contributed by atoms with Gasteiger partial charge in [0.25, 0.3) is 0 Å². The first-order valence-electron chi connectivity index (χ1n) is 6.17. The maximum absolute atomic E-state index is 11.3. The molecule has 0 aromatic carbocycles. The molecule has 1 unspecified atom stereocenters. The molecule has 5 nitrogen and oxygen atoms in total. The average molecular weight is 255 g/mol. The van der Waals surface area contributed by atoms with Crippen LogP contribution in [0.15, 0.2) is 16.5 Å². The second kappa shape index (κ2) is 7.18. The van der Waals surface area contributed by atoms with E-state index in [2.05, 4.69) is 16.6 Å². The van der Waals surface area contributed by atoms with E-state index in [1.165, 1.54) is 7.11 Å². The normalized spacial score (nSPS) is 12.7. The quantitative estimate of drug-likeness (QED) is 0.753. The van der Waals surface area contributed by atoms with Crippen LogP contribution < -0.4 is 0 Å². The van der Waals surface area contributed by atoms with Crippen LogP contribution >= 0.6 is 0 Å². The van der Waals surface area contributed by atoms with E-state index in [0.29, 0.717) is 0 Å². The van der Waals surface area contributed by atoms with Crippen molar-refractivity contribution in [1.82, 2.24) is 4.90 Å². The topological polar surface area (TPSA) is 62.9 Å². The van der Waals surface area contributed by atoms with Gasteiger partial charge in [-0.3, -0.25) is 4.90 Å². The van der Waals surface area contributed by atoms with Gasteiger partial charge in [0.05, 0.1) is 13.2 Å². The molecule has 0 aliphatic carbocycles. The Labute approximate surface area is 107 Å². The van der Waals surface area contributed by atoms with Crippen LogP contribution in [0.1, 0.15) is 42.6 Å². The van der Waals surface area contributed by atoms with Crippen LogP contribution in [0.5, 0.6) is 0 Å². The molecule has 18 heavy (non-hydrogen) atoms. The molecule has 0 saturated carbocycles. The summed E-state index contributed by atoms with van der Waals surface area (Å²) < 4.78 is 10.1. The number of carbonyl (C=O) groups excluding carboxylic acids is 1. The standard InChI is InChI=1S/C13H21NO4/c1-4-14(8-5-9-15)10(2)11-6-7-12(18-11)13(16)17-3/h6-7,10,15H,4-5,8-9H2,1-3H3. The fourth-order valence-corrected chi connectivity index (χ4v) is 1.87. The Morgan fingerprint density at radius 1 is 1.56 bits per heavy atom. The van der Waals surface area contributed by atoms with Crippen molar-refractivity contribution in [3.8, 4) is 0 Å². The first-order valence-corrected chi connectivity index (χ1v) is 6.17. The molecular weight excluding hydrogens is 234 g/mol. The first-order chi connectivity index (χ1) is 8.63. The predicted octanol–water partition coefficient (Wildman–Crippen LogP) is 1.83. The molecule has 0 spiro atoms. The SMILES string of the molecule is CCN(CCCO)C(C)c1ccc(C(=O)OC)o1. The van der Waals surface area contributed by atoms with E-state index in [0.717, 1.165) is 25.3 Å². The fourth-order valence-electron chi connectivity index (χ4n) is 1.87. The van der Waals surface area contributed by atoms with Crippen LogP contribution in [-0.2, 0) is 4.74 Å². The van der Waals surface area contributed by atoms with Crippen molar-refractivity contribution in [3.05, 3.63) is 23.7 Å². The van der Waals surface area contributed by atoms with Gasteiger partial charge in [-0.25, -0.2) is 4.79 Å². The van der Waals surface area contributed by atoms with Crippen molar-refractivity contribution in [1.29, 1.82) is 0 Å². The van der Waals surface area contributed by atoms with E-state index >= 15 is 0 Å². The molecule has 1 aromatic rings. The highest BCUT2D eigenvalue weighted by molar-refractivity contribution is 5.86. The van der Waals surface area contributed by atoms with Crippen LogP contribution in [0, 0.1) is 0 Å². The number of methoxy groups -OCH3 is 1. The Morgan fingerprint density at radius 2 is 2.28 bits per heavy atom. The Hall–Kier alpha value is -1.33. The van der Waals surface area contributed by atoms with Crippen molar-refractivity contribution in [2.75, 3.05) is 26.8 Å². The van der Waals surface area contributed by atoms with Gasteiger partial charge >= 0.3 is 5.97 Å². The van der Waals surface area contributed by atoms with E-state index in [1.807, 2.05) is 6.92 Å². The summed E-state index contributed by atoms with van der Waals surface area (Å²) in [6.45, 7) is 5.89. The van der Waals surface area contributed by atoms with Gasteiger partial charge < -0.3 is 14.3 Å². The number of carbonyl (C=O) groups is 1. The number of esters is 1. The fraction of sp³-hybridized carbons (Fsp3) is 0.615. The zero-order valence-corrected chi connectivity index (χ0v) is 11.2. The number of furan rings is 1. The number of aliphatic hydroxyl groups excluding tert-OH is 1. The van der Waals surface area contributed by atoms with Gasteiger partial charge in [-0.1, -0.05) is 6.92 Å². The third kappa shape index (κ3) is 3.58. The molecule has 1 heterocycles. The summed E-state index contributed by atoms with van der Waals surface area (Å²) in [5.74, 6) is 0.486. The molecule has 1 aromatic heterocycles. The number of aliphatic hydroxyl groups is 1. The second-order valence-corrected chi connectivity index (χ2v) is 4.08. The summed E-state index contributed by atoms with van der Waals surface area (Å²) in [4.78, 5) is 13.5. The smallest absolute Gasteiger partial charge is 0.373 e. The maximum Gasteiger partial charge on any atom is 0.373 e. The lowest BCUT2D eigenvalue weighted by Crippen LogP contribution is -2.28. The molecule has 0 aliphatic rings. The van der Waals surface area contributed by atoms with Gasteiger partial charge in [0.1, 0.15) is 5.76 Å². The number of nitrogens with zero attached hydrogens (tertiary/aromatic N) is 1. The molecule has 0 fully saturated rings. The van der Waals surface area contributed by atoms with E-state index < -0.39 is 5.97 Å². The minimum absolute atomic E-state index is 0.0694. The van der Waals surface area contributed by atoms with E-state index in [4.69, 9.17) is 9.52 Å². The number of rotatable bonds is 7. The molecule has 1 rings (SSSR count). The Kier molecular flexibility index (Phi) is 5.88. The molecule has 1 N–H and O–H groups in total. The van der Waals surface area contributed by atoms with Crippen LogP contribution in [0.3, 0.4) is 0 Å². The Bertz CT molecular complexity index is 375. The highest BCUT2D eigenvalue weighted by Gasteiger charge is 2.19. The van der Waals surface area contributed by atoms with E-state index in [1.54, 1.807) is 12.1 Å². The van der Waals surface area contributed by atoms with Gasteiger partial charge in [-0.05, 0) is 32.0 Å². The molecule has 5 heteroatoms. The minimum atomic E-state index is -0.466. The summed E-state index contributed by atoms with van der Waals surface area (Å²) in [5.41, 5.74) is 0. The van der Waals surface area contributed by atoms with Crippen LogP contribution in [0.25, 0.3) is 0 Å². The highest BCUT2D eigenvalue weighted by atomic mass is 16.5. The summed E-state index contributed by atoms with van der Waals surface area (Å²) >= 11 is 0. The maximum atomic E-state index is 11.3. The molecule has 0 bridgehead atoms. The lowest BCUT2D eigenvalue weighted by atomic mass is 10.2. The van der Waals surface area contributed by atoms with E-state index in [9.17, 15) is 4.79 Å². The number of hydrogen-bond donors (Lipinski definition) is 1. The molecule has 0 amide bonds. The van der Waals surface area contributed by atoms with Crippen molar-refractivity contribution >= 4 is 5.97 Å². The second-order valence-electron chi connectivity index (χ2n) is 4.08. The summed E-state index contributed by atoms with van der Waals surface area (Å²) in [6, 6.07) is 3.48. The minimum Gasteiger partial charge on any atom is -0.463 e. The molecular formula is C13H21NO4. The third-order valence-electron chi connectivity index (χ3n) is 2.98. The molecule has 0 saturated heterocycles. The largest absolute Gasteiger partial charge is 0.463 e. The van der Waals surface area contributed by atoms with Crippen molar-refractivity contribution in [3.63, 3.8) is 0 Å². The van der Waals surface area contributed by atoms with Crippen LogP contribution in [-0.4, -0.2) is 42.8 Å². The van der Waals surface area contributed by atoms with Gasteiger partial charge in [0.15, 0.2) is 0 Å². The lowest BCUT2D eigenvalue weighted by Gasteiger charge is -2.25. The molecule has 0 radical (unpaired) electrons. The Morgan fingerprint density at radius 3 is 2.83 bits per heavy atom. The highest BCUT2D eigenvalue weighted by Crippen LogP contribution is 2.22. The van der Waals surface area contributed by atoms with Crippen LogP contribution in [0.2, 0.25) is 0 Å². The number of ether oxygens (including phenoxy) is 1. The van der Waals surface area contributed by atoms with Crippen LogP contribution in [0.4, 0.5) is 0 Å². The zero-order chi connectivity index (χ0) is 13.5. The first kappa shape index (κ1) is 14.7. The summed E-state index contributed by atoms with van der Waals surface area (Å²) in [6.07, 6.45) is 0.725. The third-order valence-corrected chi connectivity index (χ3v) is 2.98. The predicted molar refractivity (Wildman–Crippen MR) is 67.4 cm³/mol. The summed E-state index contributed by atoms with van der Waals surface area (Å²) in [7, 11) is 1.33. The Balaban J connectivity index is 2.72. The molecule has 102 valence electrons. The number of hydrogen-bond acceptors (Lipinski definition) is 5. The molecule has 0 aliphatic heterocycles. The van der Waals surface area contributed by atoms with Crippen molar-refractivity contribution in [2.45, 2.75) is 26.3 Å². The van der Waals surface area contributed by atoms with Crippen molar-refractivity contribution in [2.24, 2.45) is 0 Å². The lowest BCUT2D eigenvalue weighted by molar-refractivity contribution is 0.0559. The average Bonchev–Trinajstić information content (AvgIpc) is 2.88. The van der Waals surface area contributed by atoms with Gasteiger partial charge in [0.2, 0.25) is 5.76 Å². The van der Waals surface area contributed by atoms with E-state index in [-0.39, 0.29) is 18.4 Å². The van der Waals surface area contributed by atoms with Gasteiger partial charge in [-0.15, -0.1) is 0 Å². The molecule has 1 atom stereocenters. The zero-order valence-electron chi connectivity index (χ0n) is 11.2. The van der Waals surface area contributed by atoms with Gasteiger partial charge in [0, 0.05) is 13.2 Å². The van der Waals surface area contributed by atoms with Gasteiger partial charge in [-0.2, -0.15) is 0 Å². The summed E-state index contributed by atoms with van der Waals surface area (Å²) in [5, 5.41) is 8.86.